The number of amides is 1. The van der Waals surface area contributed by atoms with E-state index in [0.29, 0.717) is 25.5 Å². The van der Waals surface area contributed by atoms with Gasteiger partial charge in [-0.15, -0.1) is 12.4 Å². The van der Waals surface area contributed by atoms with Crippen molar-refractivity contribution in [2.24, 2.45) is 5.73 Å². The van der Waals surface area contributed by atoms with Crippen molar-refractivity contribution in [3.8, 4) is 5.75 Å². The number of nitrogens with two attached hydrogens (primary N) is 1. The van der Waals surface area contributed by atoms with Gasteiger partial charge in [0.05, 0.1) is 12.6 Å². The Morgan fingerprint density at radius 2 is 2.00 bits per heavy atom. The second kappa shape index (κ2) is 10.5. The van der Waals surface area contributed by atoms with Crippen LogP contribution in [0.2, 0.25) is 0 Å². The zero-order valence-corrected chi connectivity index (χ0v) is 13.9. The van der Waals surface area contributed by atoms with Crippen molar-refractivity contribution in [1.29, 1.82) is 0 Å². The number of benzene rings is 1. The summed E-state index contributed by atoms with van der Waals surface area (Å²) in [5, 5.41) is 2.80. The lowest BCUT2D eigenvalue weighted by Crippen LogP contribution is -2.41. The van der Waals surface area contributed by atoms with Crippen molar-refractivity contribution in [3.63, 3.8) is 0 Å². The summed E-state index contributed by atoms with van der Waals surface area (Å²) in [5.41, 5.74) is 6.91. The lowest BCUT2D eigenvalue weighted by molar-refractivity contribution is -0.122. The van der Waals surface area contributed by atoms with E-state index in [-0.39, 0.29) is 18.3 Å². The highest BCUT2D eigenvalue weighted by Crippen LogP contribution is 2.25. The third-order valence-electron chi connectivity index (χ3n) is 3.14. The molecule has 4 nitrogen and oxygen atoms in total. The van der Waals surface area contributed by atoms with Gasteiger partial charge in [0.2, 0.25) is 5.91 Å². The van der Waals surface area contributed by atoms with Crippen LogP contribution in [0.5, 0.6) is 5.75 Å². The van der Waals surface area contributed by atoms with Crippen LogP contribution in [-0.4, -0.2) is 25.1 Å². The maximum Gasteiger partial charge on any atom is 0.237 e. The zero-order chi connectivity index (χ0) is 15.0. The number of carbonyl (C=O) groups is 1. The minimum Gasteiger partial charge on any atom is -0.491 e. The molecule has 1 aromatic rings. The van der Waals surface area contributed by atoms with E-state index in [4.69, 9.17) is 10.5 Å². The van der Waals surface area contributed by atoms with Gasteiger partial charge in [0, 0.05) is 0 Å². The van der Waals surface area contributed by atoms with Crippen LogP contribution in [0.4, 0.5) is 0 Å². The Kier molecular flexibility index (Phi) is 9.84. The molecule has 0 heterocycles. The molecule has 5 heteroatoms. The average molecular weight is 315 g/mol. The number of nitrogens with one attached hydrogen (secondary N) is 1. The Morgan fingerprint density at radius 3 is 2.62 bits per heavy atom. The van der Waals surface area contributed by atoms with Gasteiger partial charge in [-0.3, -0.25) is 4.79 Å². The molecule has 1 atom stereocenters. The summed E-state index contributed by atoms with van der Waals surface area (Å²) in [6, 6.07) is 7.57. The Balaban J connectivity index is 0.00000400. The highest BCUT2D eigenvalue weighted by atomic mass is 35.5. The monoisotopic (exact) mass is 314 g/mol. The molecule has 0 radical (unpaired) electrons. The normalized spacial score (nSPS) is 11.7. The quantitative estimate of drug-likeness (QED) is 0.725. The molecular formula is C16H27ClN2O2. The maximum atomic E-state index is 11.6. The van der Waals surface area contributed by atoms with Crippen LogP contribution >= 0.6 is 12.4 Å². The number of para-hydroxylation sites is 1. The van der Waals surface area contributed by atoms with E-state index < -0.39 is 6.04 Å². The first kappa shape index (κ1) is 19.7. The molecule has 120 valence electrons. The molecule has 0 aliphatic heterocycles. The van der Waals surface area contributed by atoms with E-state index in [0.717, 1.165) is 12.2 Å². The van der Waals surface area contributed by atoms with Crippen molar-refractivity contribution >= 4 is 18.3 Å². The summed E-state index contributed by atoms with van der Waals surface area (Å²) in [6.45, 7) is 7.21. The van der Waals surface area contributed by atoms with Gasteiger partial charge < -0.3 is 15.8 Å². The third kappa shape index (κ3) is 6.82. The molecule has 0 aliphatic rings. The SMILES string of the molecule is CCCC(N)C(=O)NCCOc1ccccc1C(C)C.Cl. The first-order valence-electron chi connectivity index (χ1n) is 7.31. The summed E-state index contributed by atoms with van der Waals surface area (Å²) < 4.78 is 5.73. The Labute approximate surface area is 133 Å². The third-order valence-corrected chi connectivity index (χ3v) is 3.14. The van der Waals surface area contributed by atoms with Gasteiger partial charge in [0.1, 0.15) is 12.4 Å². The van der Waals surface area contributed by atoms with Crippen LogP contribution in [0.1, 0.15) is 45.1 Å². The van der Waals surface area contributed by atoms with Crippen molar-refractivity contribution < 1.29 is 9.53 Å². The number of carbonyl (C=O) groups excluding carboxylic acids is 1. The highest BCUT2D eigenvalue weighted by molar-refractivity contribution is 5.85. The van der Waals surface area contributed by atoms with Gasteiger partial charge >= 0.3 is 0 Å². The smallest absolute Gasteiger partial charge is 0.237 e. The molecule has 0 spiro atoms. The number of halogens is 1. The zero-order valence-electron chi connectivity index (χ0n) is 13.1. The van der Waals surface area contributed by atoms with Crippen LogP contribution in [0.25, 0.3) is 0 Å². The molecule has 21 heavy (non-hydrogen) atoms. The molecule has 0 saturated heterocycles. The fourth-order valence-corrected chi connectivity index (χ4v) is 2.00. The summed E-state index contributed by atoms with van der Waals surface area (Å²) >= 11 is 0. The van der Waals surface area contributed by atoms with Gasteiger partial charge in [0.25, 0.3) is 0 Å². The largest absolute Gasteiger partial charge is 0.491 e. The van der Waals surface area contributed by atoms with E-state index in [2.05, 4.69) is 25.2 Å². The second-order valence-electron chi connectivity index (χ2n) is 5.23. The van der Waals surface area contributed by atoms with E-state index in [1.165, 1.54) is 5.56 Å². The fraction of sp³-hybridized carbons (Fsp3) is 0.562. The summed E-state index contributed by atoms with van der Waals surface area (Å²) in [7, 11) is 0. The van der Waals surface area contributed by atoms with Crippen molar-refractivity contribution in [2.75, 3.05) is 13.2 Å². The predicted octanol–water partition coefficient (Wildman–Crippen LogP) is 2.85. The van der Waals surface area contributed by atoms with Gasteiger partial charge in [-0.05, 0) is 24.0 Å². The molecule has 0 aromatic heterocycles. The van der Waals surface area contributed by atoms with Crippen LogP contribution in [0.3, 0.4) is 0 Å². The van der Waals surface area contributed by atoms with Crippen molar-refractivity contribution in [3.05, 3.63) is 29.8 Å². The van der Waals surface area contributed by atoms with Gasteiger partial charge in [-0.1, -0.05) is 45.4 Å². The highest BCUT2D eigenvalue weighted by Gasteiger charge is 2.11. The first-order valence-corrected chi connectivity index (χ1v) is 7.31. The predicted molar refractivity (Wildman–Crippen MR) is 89.2 cm³/mol. The Morgan fingerprint density at radius 1 is 1.33 bits per heavy atom. The summed E-state index contributed by atoms with van der Waals surface area (Å²) in [4.78, 5) is 11.6. The second-order valence-corrected chi connectivity index (χ2v) is 5.23. The lowest BCUT2D eigenvalue weighted by atomic mass is 10.0. The molecular weight excluding hydrogens is 288 g/mol. The minimum absolute atomic E-state index is 0. The topological polar surface area (TPSA) is 64.4 Å². The summed E-state index contributed by atoms with van der Waals surface area (Å²) in [6.07, 6.45) is 1.62. The molecule has 3 N–H and O–H groups in total. The molecule has 0 fully saturated rings. The standard InChI is InChI=1S/C16H26N2O2.ClH/c1-4-7-14(17)16(19)18-10-11-20-15-9-6-5-8-13(15)12(2)3;/h5-6,8-9,12,14H,4,7,10-11,17H2,1-3H3,(H,18,19);1H. The molecule has 0 aliphatic carbocycles. The number of rotatable bonds is 8. The van der Waals surface area contributed by atoms with Gasteiger partial charge in [0.15, 0.2) is 0 Å². The maximum absolute atomic E-state index is 11.6. The van der Waals surface area contributed by atoms with E-state index in [1.54, 1.807) is 0 Å². The fourth-order valence-electron chi connectivity index (χ4n) is 2.00. The van der Waals surface area contributed by atoms with E-state index in [1.807, 2.05) is 25.1 Å². The molecule has 1 amide bonds. The van der Waals surface area contributed by atoms with E-state index in [9.17, 15) is 4.79 Å². The van der Waals surface area contributed by atoms with Gasteiger partial charge in [-0.25, -0.2) is 0 Å². The van der Waals surface area contributed by atoms with Crippen LogP contribution in [0.15, 0.2) is 24.3 Å². The number of hydrogen-bond acceptors (Lipinski definition) is 3. The van der Waals surface area contributed by atoms with Crippen molar-refractivity contribution in [2.45, 2.75) is 45.6 Å². The van der Waals surface area contributed by atoms with E-state index >= 15 is 0 Å². The number of ether oxygens (including phenoxy) is 1. The molecule has 1 aromatic carbocycles. The Hall–Kier alpha value is -1.26. The van der Waals surface area contributed by atoms with Crippen LogP contribution < -0.4 is 15.8 Å². The van der Waals surface area contributed by atoms with Crippen LogP contribution in [-0.2, 0) is 4.79 Å². The molecule has 1 rings (SSSR count). The van der Waals surface area contributed by atoms with Crippen molar-refractivity contribution in [1.82, 2.24) is 5.32 Å². The lowest BCUT2D eigenvalue weighted by Gasteiger charge is -2.15. The summed E-state index contributed by atoms with van der Waals surface area (Å²) in [5.74, 6) is 1.20. The molecule has 0 saturated carbocycles. The average Bonchev–Trinajstić information content (AvgIpc) is 2.43. The van der Waals surface area contributed by atoms with Gasteiger partial charge in [-0.2, -0.15) is 0 Å². The van der Waals surface area contributed by atoms with Crippen LogP contribution in [0, 0.1) is 0 Å². The molecule has 1 unspecified atom stereocenters. The Bertz CT molecular complexity index is 424. The first-order chi connectivity index (χ1) is 9.56. The number of hydrogen-bond donors (Lipinski definition) is 2. The molecule has 0 bridgehead atoms. The minimum atomic E-state index is -0.414.